The minimum Gasteiger partial charge on any atom is -0.496 e. The van der Waals surface area contributed by atoms with Crippen molar-refractivity contribution in [3.05, 3.63) is 82.1 Å². The Bertz CT molecular complexity index is 1450. The van der Waals surface area contributed by atoms with Crippen LogP contribution in [0.3, 0.4) is 0 Å². The second-order valence-electron chi connectivity index (χ2n) is 8.58. The number of carbonyl (C=O) groups excluding carboxylic acids is 2. The Balaban J connectivity index is 1.43. The number of aryl methyl sites for hydroxylation is 2. The van der Waals surface area contributed by atoms with Crippen molar-refractivity contribution in [3.63, 3.8) is 0 Å². The zero-order valence-corrected chi connectivity index (χ0v) is 20.3. The molecule has 0 spiro atoms. The first kappa shape index (κ1) is 22.9. The van der Waals surface area contributed by atoms with Crippen LogP contribution in [0, 0.1) is 6.92 Å². The van der Waals surface area contributed by atoms with Gasteiger partial charge in [-0.05, 0) is 80.3 Å². The molecule has 5 rings (SSSR count). The van der Waals surface area contributed by atoms with E-state index in [4.69, 9.17) is 16.3 Å². The molecule has 0 unspecified atom stereocenters. The lowest BCUT2D eigenvalue weighted by Gasteiger charge is -2.23. The summed E-state index contributed by atoms with van der Waals surface area (Å²) < 4.78 is 5.51. The fourth-order valence-corrected chi connectivity index (χ4v) is 4.74. The van der Waals surface area contributed by atoms with E-state index in [2.05, 4.69) is 15.3 Å². The van der Waals surface area contributed by atoms with Gasteiger partial charge in [-0.3, -0.25) is 9.59 Å². The number of halogens is 1. The van der Waals surface area contributed by atoms with E-state index < -0.39 is 0 Å². The summed E-state index contributed by atoms with van der Waals surface area (Å²) in [4.78, 5) is 36.1. The van der Waals surface area contributed by atoms with Gasteiger partial charge in [-0.1, -0.05) is 17.7 Å². The van der Waals surface area contributed by atoms with Crippen molar-refractivity contribution < 1.29 is 14.3 Å². The normalized spacial score (nSPS) is 13.3. The lowest BCUT2D eigenvalue weighted by molar-refractivity contribution is 0.0982. The van der Waals surface area contributed by atoms with Crippen LogP contribution in [0.15, 0.2) is 54.6 Å². The summed E-state index contributed by atoms with van der Waals surface area (Å²) in [7, 11) is 1.49. The second kappa shape index (κ2) is 9.43. The maximum atomic E-state index is 13.5. The molecule has 0 bridgehead atoms. The van der Waals surface area contributed by atoms with E-state index in [-0.39, 0.29) is 11.8 Å². The van der Waals surface area contributed by atoms with Gasteiger partial charge in [-0.15, -0.1) is 0 Å². The predicted octanol–water partition coefficient (Wildman–Crippen LogP) is 5.77. The number of nitrogens with one attached hydrogen (secondary N) is 2. The van der Waals surface area contributed by atoms with Crippen LogP contribution in [-0.4, -0.2) is 35.4 Å². The Hall–Kier alpha value is -3.84. The van der Waals surface area contributed by atoms with Crippen molar-refractivity contribution in [2.45, 2.75) is 26.2 Å². The zero-order valence-electron chi connectivity index (χ0n) is 19.5. The third-order valence-electron chi connectivity index (χ3n) is 6.23. The molecule has 0 atom stereocenters. The molecule has 0 saturated heterocycles. The largest absolute Gasteiger partial charge is 0.496 e. The number of aromatic nitrogens is 2. The van der Waals surface area contributed by atoms with Gasteiger partial charge in [0.25, 0.3) is 11.8 Å². The van der Waals surface area contributed by atoms with Crippen LogP contribution in [0.4, 0.5) is 11.4 Å². The molecular weight excluding hydrogens is 464 g/mol. The third kappa shape index (κ3) is 4.47. The fourth-order valence-electron chi connectivity index (χ4n) is 4.55. The van der Waals surface area contributed by atoms with E-state index in [1.54, 1.807) is 35.2 Å². The van der Waals surface area contributed by atoms with Gasteiger partial charge in [-0.2, -0.15) is 0 Å². The highest BCUT2D eigenvalue weighted by molar-refractivity contribution is 6.30. The molecular formula is C27H25ClN4O3. The van der Waals surface area contributed by atoms with Gasteiger partial charge in [-0.25, -0.2) is 4.98 Å². The van der Waals surface area contributed by atoms with E-state index in [0.29, 0.717) is 39.6 Å². The quantitative estimate of drug-likeness (QED) is 0.382. The monoisotopic (exact) mass is 488 g/mol. The van der Waals surface area contributed by atoms with Crippen LogP contribution in [0.5, 0.6) is 5.75 Å². The van der Waals surface area contributed by atoms with Crippen molar-refractivity contribution >= 4 is 45.8 Å². The topological polar surface area (TPSA) is 87.3 Å². The number of carbonyl (C=O) groups is 2. The third-order valence-corrected chi connectivity index (χ3v) is 6.46. The van der Waals surface area contributed by atoms with Crippen molar-refractivity contribution in [1.29, 1.82) is 0 Å². The van der Waals surface area contributed by atoms with Gasteiger partial charge in [0.15, 0.2) is 0 Å². The average molecular weight is 489 g/mol. The summed E-state index contributed by atoms with van der Waals surface area (Å²) in [5.74, 6) is 0.602. The number of anilines is 2. The van der Waals surface area contributed by atoms with Gasteiger partial charge >= 0.3 is 0 Å². The smallest absolute Gasteiger partial charge is 0.259 e. The van der Waals surface area contributed by atoms with Gasteiger partial charge < -0.3 is 19.9 Å². The molecule has 2 amide bonds. The van der Waals surface area contributed by atoms with Crippen LogP contribution in [0.1, 0.15) is 44.9 Å². The van der Waals surface area contributed by atoms with E-state index in [9.17, 15) is 9.59 Å². The number of aromatic amines is 1. The number of fused-ring (bicyclic) bond motifs is 2. The maximum absolute atomic E-state index is 13.5. The molecule has 35 heavy (non-hydrogen) atoms. The first-order valence-corrected chi connectivity index (χ1v) is 11.9. The van der Waals surface area contributed by atoms with Gasteiger partial charge in [0.05, 0.1) is 23.9 Å². The molecule has 4 aromatic rings. The highest BCUT2D eigenvalue weighted by atomic mass is 35.5. The molecule has 7 nitrogen and oxygen atoms in total. The van der Waals surface area contributed by atoms with Gasteiger partial charge in [0, 0.05) is 22.8 Å². The van der Waals surface area contributed by atoms with Crippen molar-refractivity contribution in [2.24, 2.45) is 0 Å². The molecule has 8 heteroatoms. The SMILES string of the molecule is COc1cc(C(=O)N2CCCCc3cc(Cl)ccc32)ccc1C(=O)Nc1cccc2[nH]c(C)nc12. The summed E-state index contributed by atoms with van der Waals surface area (Å²) in [6, 6.07) is 16.1. The lowest BCUT2D eigenvalue weighted by atomic mass is 10.1. The lowest BCUT2D eigenvalue weighted by Crippen LogP contribution is -2.31. The molecule has 3 aromatic carbocycles. The number of imidazole rings is 1. The Kier molecular flexibility index (Phi) is 6.17. The summed E-state index contributed by atoms with van der Waals surface area (Å²) in [6.45, 7) is 2.48. The van der Waals surface area contributed by atoms with Crippen LogP contribution < -0.4 is 15.0 Å². The van der Waals surface area contributed by atoms with Crippen LogP contribution in [-0.2, 0) is 6.42 Å². The van der Waals surface area contributed by atoms with E-state index in [1.807, 2.05) is 31.2 Å². The number of para-hydroxylation sites is 1. The standard InChI is InChI=1S/C27H25ClN4O3/c1-16-29-21-7-5-8-22(25(21)30-16)31-26(33)20-11-9-18(15-24(20)35-2)27(34)32-13-4-3-6-17-14-19(28)10-12-23(17)32/h5,7-12,14-15H,3-4,6,13H2,1-2H3,(H,29,30)(H,31,33). The molecule has 0 aliphatic carbocycles. The maximum Gasteiger partial charge on any atom is 0.259 e. The van der Waals surface area contributed by atoms with Crippen molar-refractivity contribution in [2.75, 3.05) is 23.9 Å². The number of hydrogen-bond donors (Lipinski definition) is 2. The average Bonchev–Trinajstić information content (AvgIpc) is 3.12. The molecule has 0 fully saturated rings. The Morgan fingerprint density at radius 2 is 1.97 bits per heavy atom. The Morgan fingerprint density at radius 3 is 2.80 bits per heavy atom. The number of benzene rings is 3. The van der Waals surface area contributed by atoms with E-state index in [1.165, 1.54) is 7.11 Å². The highest BCUT2D eigenvalue weighted by Gasteiger charge is 2.24. The number of amides is 2. The second-order valence-corrected chi connectivity index (χ2v) is 9.02. The number of hydrogen-bond acceptors (Lipinski definition) is 4. The Labute approximate surface area is 208 Å². The molecule has 0 saturated carbocycles. The van der Waals surface area contributed by atoms with Gasteiger partial charge in [0.2, 0.25) is 0 Å². The molecule has 1 aliphatic rings. The number of ether oxygens (including phenoxy) is 1. The number of nitrogens with zero attached hydrogens (tertiary/aromatic N) is 2. The summed E-state index contributed by atoms with van der Waals surface area (Å²) in [5, 5.41) is 3.58. The molecule has 2 N–H and O–H groups in total. The summed E-state index contributed by atoms with van der Waals surface area (Å²) in [6.07, 6.45) is 2.76. The first-order valence-electron chi connectivity index (χ1n) is 11.5. The number of H-pyrrole nitrogens is 1. The van der Waals surface area contributed by atoms with E-state index in [0.717, 1.165) is 41.9 Å². The molecule has 178 valence electrons. The highest BCUT2D eigenvalue weighted by Crippen LogP contribution is 2.31. The van der Waals surface area contributed by atoms with Crippen LogP contribution in [0.2, 0.25) is 5.02 Å². The van der Waals surface area contributed by atoms with Crippen molar-refractivity contribution in [3.8, 4) is 5.75 Å². The number of rotatable bonds is 4. The van der Waals surface area contributed by atoms with Crippen LogP contribution in [0.25, 0.3) is 11.0 Å². The summed E-state index contributed by atoms with van der Waals surface area (Å²) in [5.41, 5.74) is 4.84. The molecule has 0 radical (unpaired) electrons. The molecule has 1 aromatic heterocycles. The predicted molar refractivity (Wildman–Crippen MR) is 138 cm³/mol. The zero-order chi connectivity index (χ0) is 24.5. The molecule has 1 aliphatic heterocycles. The van der Waals surface area contributed by atoms with E-state index >= 15 is 0 Å². The summed E-state index contributed by atoms with van der Waals surface area (Å²) >= 11 is 6.19. The van der Waals surface area contributed by atoms with Crippen molar-refractivity contribution in [1.82, 2.24) is 9.97 Å². The number of methoxy groups -OCH3 is 1. The van der Waals surface area contributed by atoms with Crippen LogP contribution >= 0.6 is 11.6 Å². The minimum atomic E-state index is -0.344. The Morgan fingerprint density at radius 1 is 1.11 bits per heavy atom. The fraction of sp³-hybridized carbons (Fsp3) is 0.222. The minimum absolute atomic E-state index is 0.141. The first-order chi connectivity index (χ1) is 16.9. The van der Waals surface area contributed by atoms with Gasteiger partial charge in [0.1, 0.15) is 17.1 Å². The molecule has 2 heterocycles.